The van der Waals surface area contributed by atoms with Gasteiger partial charge in [-0.05, 0) is 43.3 Å². The second-order valence-corrected chi connectivity index (χ2v) is 9.43. The van der Waals surface area contributed by atoms with E-state index in [-0.39, 0.29) is 4.90 Å². The molecule has 0 saturated carbocycles. The molecule has 2 aliphatic heterocycles. The van der Waals surface area contributed by atoms with Gasteiger partial charge in [-0.1, -0.05) is 6.08 Å². The zero-order valence-corrected chi connectivity index (χ0v) is 17.6. The van der Waals surface area contributed by atoms with Crippen molar-refractivity contribution in [3.63, 3.8) is 0 Å². The molecule has 0 amide bonds. The number of hydrogen-bond acceptors (Lipinski definition) is 6. The van der Waals surface area contributed by atoms with Gasteiger partial charge in [0.25, 0.3) is 10.0 Å². The summed E-state index contributed by atoms with van der Waals surface area (Å²) >= 11 is 0. The maximum Gasteiger partial charge on any atom is 0.269 e. The summed E-state index contributed by atoms with van der Waals surface area (Å²) in [4.78, 5) is 6.78. The van der Waals surface area contributed by atoms with Gasteiger partial charge in [-0.15, -0.1) is 0 Å². The molecular formula is C22H23N3O4S. The van der Waals surface area contributed by atoms with Crippen molar-refractivity contribution in [2.24, 2.45) is 0 Å². The van der Waals surface area contributed by atoms with Crippen molar-refractivity contribution in [2.75, 3.05) is 33.4 Å². The third-order valence-corrected chi connectivity index (χ3v) is 7.21. The maximum absolute atomic E-state index is 13.6. The van der Waals surface area contributed by atoms with Gasteiger partial charge in [0.05, 0.1) is 18.1 Å². The first-order valence-electron chi connectivity index (χ1n) is 10.0. The third-order valence-electron chi connectivity index (χ3n) is 5.57. The smallest absolute Gasteiger partial charge is 0.269 e. The molecule has 7 nitrogen and oxygen atoms in total. The van der Waals surface area contributed by atoms with Crippen LogP contribution in [-0.2, 0) is 10.0 Å². The van der Waals surface area contributed by atoms with Crippen LogP contribution in [0.4, 0.5) is 0 Å². The Morgan fingerprint density at radius 2 is 1.93 bits per heavy atom. The number of hydrogen-bond donors (Lipinski definition) is 0. The molecule has 1 aromatic carbocycles. The average molecular weight is 426 g/mol. The highest BCUT2D eigenvalue weighted by atomic mass is 32.2. The number of rotatable bonds is 3. The molecule has 2 aliphatic rings. The summed E-state index contributed by atoms with van der Waals surface area (Å²) in [7, 11) is -1.78. The predicted molar refractivity (Wildman–Crippen MR) is 114 cm³/mol. The molecule has 8 heteroatoms. The van der Waals surface area contributed by atoms with Crippen molar-refractivity contribution in [2.45, 2.75) is 17.7 Å². The van der Waals surface area contributed by atoms with E-state index < -0.39 is 10.0 Å². The molecule has 0 bridgehead atoms. The number of fused-ring (bicyclic) bond motifs is 2. The van der Waals surface area contributed by atoms with E-state index >= 15 is 0 Å². The molecule has 2 aromatic heterocycles. The van der Waals surface area contributed by atoms with E-state index in [4.69, 9.17) is 9.47 Å². The monoisotopic (exact) mass is 425 g/mol. The lowest BCUT2D eigenvalue weighted by Crippen LogP contribution is -2.23. The van der Waals surface area contributed by atoms with Crippen molar-refractivity contribution < 1.29 is 17.9 Å². The van der Waals surface area contributed by atoms with Gasteiger partial charge in [0.15, 0.2) is 17.1 Å². The zero-order valence-electron chi connectivity index (χ0n) is 16.7. The first-order chi connectivity index (χ1) is 14.5. The maximum atomic E-state index is 13.6. The molecule has 0 fully saturated rings. The minimum atomic E-state index is -3.86. The van der Waals surface area contributed by atoms with Crippen molar-refractivity contribution in [1.29, 1.82) is 0 Å². The van der Waals surface area contributed by atoms with Crippen LogP contribution < -0.4 is 9.47 Å². The predicted octanol–water partition coefficient (Wildman–Crippen LogP) is 3.15. The summed E-state index contributed by atoms with van der Waals surface area (Å²) < 4.78 is 39.7. The first-order valence-corrected chi connectivity index (χ1v) is 11.5. The van der Waals surface area contributed by atoms with Crippen LogP contribution in [0.3, 0.4) is 0 Å². The summed E-state index contributed by atoms with van der Waals surface area (Å²) in [5, 5.41) is 0.839. The molecule has 0 spiro atoms. The number of pyridine rings is 1. The van der Waals surface area contributed by atoms with Crippen LogP contribution in [0.2, 0.25) is 0 Å². The van der Waals surface area contributed by atoms with E-state index in [9.17, 15) is 8.42 Å². The fraction of sp³-hybridized carbons (Fsp3) is 0.318. The Morgan fingerprint density at radius 3 is 2.73 bits per heavy atom. The molecule has 0 atom stereocenters. The molecular weight excluding hydrogens is 402 g/mol. The number of likely N-dealkylation sites (N-methyl/N-ethyl adjacent to an activating group) is 1. The number of aromatic nitrogens is 2. The molecule has 3 aromatic rings. The average Bonchev–Trinajstić information content (AvgIpc) is 2.99. The quantitative estimate of drug-likeness (QED) is 0.642. The van der Waals surface area contributed by atoms with Gasteiger partial charge in [0.1, 0.15) is 0 Å². The molecule has 156 valence electrons. The summed E-state index contributed by atoms with van der Waals surface area (Å²) in [5.74, 6) is 1.02. The lowest BCUT2D eigenvalue weighted by Gasteiger charge is -2.21. The molecule has 4 heterocycles. The van der Waals surface area contributed by atoms with Crippen LogP contribution in [0.15, 0.2) is 53.7 Å². The van der Waals surface area contributed by atoms with E-state index in [0.717, 1.165) is 42.5 Å². The van der Waals surface area contributed by atoms with Gasteiger partial charge in [-0.25, -0.2) is 17.4 Å². The van der Waals surface area contributed by atoms with Gasteiger partial charge in [-0.3, -0.25) is 0 Å². The van der Waals surface area contributed by atoms with Gasteiger partial charge in [0, 0.05) is 48.9 Å². The molecule has 0 unspecified atom stereocenters. The van der Waals surface area contributed by atoms with Crippen LogP contribution >= 0.6 is 0 Å². The number of benzene rings is 1. The second kappa shape index (κ2) is 7.45. The molecule has 0 N–H and O–H groups in total. The highest BCUT2D eigenvalue weighted by Gasteiger charge is 2.25. The summed E-state index contributed by atoms with van der Waals surface area (Å²) in [6.45, 7) is 2.83. The molecule has 0 saturated heterocycles. The van der Waals surface area contributed by atoms with Gasteiger partial charge >= 0.3 is 0 Å². The largest absolute Gasteiger partial charge is 0.490 e. The van der Waals surface area contributed by atoms with E-state index in [1.165, 1.54) is 3.97 Å². The topological polar surface area (TPSA) is 73.7 Å². The Morgan fingerprint density at radius 1 is 1.10 bits per heavy atom. The highest BCUT2D eigenvalue weighted by molar-refractivity contribution is 7.90. The van der Waals surface area contributed by atoms with Crippen molar-refractivity contribution in [3.8, 4) is 11.5 Å². The number of nitrogens with zero attached hydrogens (tertiary/aromatic N) is 3. The fourth-order valence-corrected chi connectivity index (χ4v) is 5.24. The van der Waals surface area contributed by atoms with Crippen LogP contribution in [0.5, 0.6) is 11.5 Å². The van der Waals surface area contributed by atoms with E-state index in [2.05, 4.69) is 23.0 Å². The lowest BCUT2D eigenvalue weighted by atomic mass is 10.00. The molecule has 0 radical (unpaired) electrons. The van der Waals surface area contributed by atoms with Crippen molar-refractivity contribution in [1.82, 2.24) is 13.9 Å². The Hall–Kier alpha value is -2.84. The molecule has 30 heavy (non-hydrogen) atoms. The normalized spacial score (nSPS) is 17.6. The summed E-state index contributed by atoms with van der Waals surface area (Å²) in [5.41, 5.74) is 2.50. The minimum Gasteiger partial charge on any atom is -0.490 e. The minimum absolute atomic E-state index is 0.151. The number of ether oxygens (including phenoxy) is 2. The van der Waals surface area contributed by atoms with Crippen LogP contribution in [0.25, 0.3) is 16.6 Å². The summed E-state index contributed by atoms with van der Waals surface area (Å²) in [6, 6.07) is 8.53. The summed E-state index contributed by atoms with van der Waals surface area (Å²) in [6.07, 6.45) is 7.11. The van der Waals surface area contributed by atoms with Gasteiger partial charge in [0.2, 0.25) is 0 Å². The molecule has 0 aliphatic carbocycles. The van der Waals surface area contributed by atoms with Crippen molar-refractivity contribution in [3.05, 3.63) is 54.4 Å². The van der Waals surface area contributed by atoms with Gasteiger partial charge in [-0.2, -0.15) is 0 Å². The van der Waals surface area contributed by atoms with E-state index in [1.54, 1.807) is 30.6 Å². The van der Waals surface area contributed by atoms with Crippen LogP contribution in [0, 0.1) is 0 Å². The third kappa shape index (κ3) is 3.26. The second-order valence-electron chi connectivity index (χ2n) is 7.62. The zero-order chi connectivity index (χ0) is 20.7. The Labute approximate surface area is 175 Å². The van der Waals surface area contributed by atoms with Crippen LogP contribution in [0.1, 0.15) is 18.4 Å². The van der Waals surface area contributed by atoms with E-state index in [0.29, 0.717) is 30.4 Å². The molecule has 5 rings (SSSR count). The Bertz CT molecular complexity index is 1250. The van der Waals surface area contributed by atoms with Crippen molar-refractivity contribution >= 4 is 26.6 Å². The first kappa shape index (κ1) is 19.1. The fourth-order valence-electron chi connectivity index (χ4n) is 3.90. The standard InChI is InChI=1S/C22H23N3O4S/c1-24-10-7-16(8-11-24)19-15-25(22-18(19)4-2-9-23-22)30(26,27)17-5-6-20-21(14-17)29-13-3-12-28-20/h2,4-7,9,14-15H,3,8,10-13H2,1H3. The lowest BCUT2D eigenvalue weighted by molar-refractivity contribution is 0.297. The van der Waals surface area contributed by atoms with E-state index in [1.807, 2.05) is 12.1 Å². The van der Waals surface area contributed by atoms with Gasteiger partial charge < -0.3 is 14.4 Å². The van der Waals surface area contributed by atoms with Crippen LogP contribution in [-0.4, -0.2) is 55.6 Å². The Balaban J connectivity index is 1.63. The Kier molecular flexibility index (Phi) is 4.75. The SMILES string of the molecule is CN1CC=C(c2cn(S(=O)(=O)c3ccc4c(c3)OCCCO4)c3ncccc23)CC1. The highest BCUT2D eigenvalue weighted by Crippen LogP contribution is 2.35.